The molecule has 0 unspecified atom stereocenters. The lowest BCUT2D eigenvalue weighted by atomic mass is 10.1. The van der Waals surface area contributed by atoms with Crippen LogP contribution < -0.4 is 10.6 Å². The summed E-state index contributed by atoms with van der Waals surface area (Å²) in [5.41, 5.74) is 1.64. The highest BCUT2D eigenvalue weighted by Gasteiger charge is 2.17. The van der Waals surface area contributed by atoms with Crippen molar-refractivity contribution in [3.05, 3.63) is 65.2 Å². The summed E-state index contributed by atoms with van der Waals surface area (Å²) in [6.45, 7) is 5.93. The van der Waals surface area contributed by atoms with E-state index in [9.17, 15) is 9.59 Å². The first kappa shape index (κ1) is 18.5. The SMILES string of the molecule is CCC(CC)NC(=O)/C(=C/c1ccco1)NC(=O)c1cccc(C)c1. The van der Waals surface area contributed by atoms with Gasteiger partial charge in [0, 0.05) is 17.7 Å². The van der Waals surface area contributed by atoms with Crippen molar-refractivity contribution < 1.29 is 14.0 Å². The zero-order valence-electron chi connectivity index (χ0n) is 14.8. The van der Waals surface area contributed by atoms with Crippen molar-refractivity contribution in [2.75, 3.05) is 0 Å². The van der Waals surface area contributed by atoms with Crippen molar-refractivity contribution in [2.45, 2.75) is 39.7 Å². The quantitative estimate of drug-likeness (QED) is 0.756. The lowest BCUT2D eigenvalue weighted by Crippen LogP contribution is -2.40. The highest BCUT2D eigenvalue weighted by molar-refractivity contribution is 6.05. The molecule has 132 valence electrons. The van der Waals surface area contributed by atoms with Gasteiger partial charge >= 0.3 is 0 Å². The molecule has 0 radical (unpaired) electrons. The molecule has 0 aliphatic carbocycles. The van der Waals surface area contributed by atoms with Gasteiger partial charge in [-0.05, 0) is 44.0 Å². The highest BCUT2D eigenvalue weighted by Crippen LogP contribution is 2.10. The average molecular weight is 340 g/mol. The molecule has 1 aromatic carbocycles. The number of benzene rings is 1. The minimum Gasteiger partial charge on any atom is -0.465 e. The third kappa shape index (κ3) is 5.35. The van der Waals surface area contributed by atoms with E-state index >= 15 is 0 Å². The van der Waals surface area contributed by atoms with Crippen molar-refractivity contribution in [3.63, 3.8) is 0 Å². The van der Waals surface area contributed by atoms with Crippen LogP contribution in [0.25, 0.3) is 6.08 Å². The van der Waals surface area contributed by atoms with Gasteiger partial charge in [0.2, 0.25) is 0 Å². The molecule has 0 aliphatic heterocycles. The second kappa shape index (κ2) is 8.87. The third-order valence-corrected chi connectivity index (χ3v) is 3.92. The summed E-state index contributed by atoms with van der Waals surface area (Å²) >= 11 is 0. The number of amides is 2. The van der Waals surface area contributed by atoms with Crippen LogP contribution in [0.5, 0.6) is 0 Å². The number of furan rings is 1. The second-order valence-electron chi connectivity index (χ2n) is 5.88. The molecule has 0 saturated carbocycles. The molecule has 2 amide bonds. The van der Waals surface area contributed by atoms with E-state index < -0.39 is 0 Å². The Kier molecular flexibility index (Phi) is 6.57. The van der Waals surface area contributed by atoms with Gasteiger partial charge in [0.25, 0.3) is 11.8 Å². The smallest absolute Gasteiger partial charge is 0.268 e. The van der Waals surface area contributed by atoms with Gasteiger partial charge in [0.1, 0.15) is 11.5 Å². The predicted octanol–water partition coefficient (Wildman–Crippen LogP) is 3.66. The third-order valence-electron chi connectivity index (χ3n) is 3.92. The number of aryl methyl sites for hydroxylation is 1. The number of hydrogen-bond donors (Lipinski definition) is 2. The molecule has 5 nitrogen and oxygen atoms in total. The van der Waals surface area contributed by atoms with E-state index in [1.54, 1.807) is 24.3 Å². The van der Waals surface area contributed by atoms with Gasteiger partial charge in [-0.2, -0.15) is 0 Å². The Morgan fingerprint density at radius 2 is 1.92 bits per heavy atom. The van der Waals surface area contributed by atoms with Gasteiger partial charge in [0.15, 0.2) is 0 Å². The predicted molar refractivity (Wildman–Crippen MR) is 97.8 cm³/mol. The summed E-state index contributed by atoms with van der Waals surface area (Å²) in [4.78, 5) is 25.1. The zero-order valence-corrected chi connectivity index (χ0v) is 14.8. The lowest BCUT2D eigenvalue weighted by molar-refractivity contribution is -0.118. The van der Waals surface area contributed by atoms with E-state index in [1.165, 1.54) is 12.3 Å². The molecule has 0 fully saturated rings. The van der Waals surface area contributed by atoms with E-state index in [2.05, 4.69) is 10.6 Å². The van der Waals surface area contributed by atoms with E-state index in [-0.39, 0.29) is 23.6 Å². The Bertz CT molecular complexity index is 744. The van der Waals surface area contributed by atoms with Crippen LogP contribution >= 0.6 is 0 Å². The number of nitrogens with one attached hydrogen (secondary N) is 2. The van der Waals surface area contributed by atoms with E-state index in [4.69, 9.17) is 4.42 Å². The van der Waals surface area contributed by atoms with Crippen LogP contribution in [0.4, 0.5) is 0 Å². The zero-order chi connectivity index (χ0) is 18.2. The summed E-state index contributed by atoms with van der Waals surface area (Å²) in [6, 6.07) is 10.7. The van der Waals surface area contributed by atoms with Crippen LogP contribution in [0.1, 0.15) is 48.4 Å². The molecule has 25 heavy (non-hydrogen) atoms. The molecule has 2 aromatic rings. The summed E-state index contributed by atoms with van der Waals surface area (Å²) in [7, 11) is 0. The van der Waals surface area contributed by atoms with Crippen LogP contribution in [-0.4, -0.2) is 17.9 Å². The summed E-state index contributed by atoms with van der Waals surface area (Å²) < 4.78 is 5.27. The minimum absolute atomic E-state index is 0.0587. The monoisotopic (exact) mass is 340 g/mol. The van der Waals surface area contributed by atoms with Gasteiger partial charge in [0.05, 0.1) is 6.26 Å². The molecule has 1 aromatic heterocycles. The van der Waals surface area contributed by atoms with Crippen molar-refractivity contribution in [3.8, 4) is 0 Å². The van der Waals surface area contributed by atoms with Crippen LogP contribution in [0.2, 0.25) is 0 Å². The molecule has 0 aliphatic rings. The molecule has 2 N–H and O–H groups in total. The number of carbonyl (C=O) groups is 2. The molecular weight excluding hydrogens is 316 g/mol. The van der Waals surface area contributed by atoms with Gasteiger partial charge in [-0.1, -0.05) is 31.5 Å². The van der Waals surface area contributed by atoms with E-state index in [0.29, 0.717) is 11.3 Å². The first-order chi connectivity index (χ1) is 12.0. The fourth-order valence-electron chi connectivity index (χ4n) is 2.41. The number of hydrogen-bond acceptors (Lipinski definition) is 3. The number of carbonyl (C=O) groups excluding carboxylic acids is 2. The Hall–Kier alpha value is -2.82. The van der Waals surface area contributed by atoms with Gasteiger partial charge in [-0.3, -0.25) is 9.59 Å². The summed E-state index contributed by atoms with van der Waals surface area (Å²) in [5, 5.41) is 5.64. The minimum atomic E-state index is -0.332. The lowest BCUT2D eigenvalue weighted by Gasteiger charge is -2.17. The normalized spacial score (nSPS) is 11.4. The first-order valence-corrected chi connectivity index (χ1v) is 8.47. The highest BCUT2D eigenvalue weighted by atomic mass is 16.3. The maximum Gasteiger partial charge on any atom is 0.268 e. The fourth-order valence-corrected chi connectivity index (χ4v) is 2.41. The van der Waals surface area contributed by atoms with Gasteiger partial charge in [-0.25, -0.2) is 0 Å². The molecule has 0 bridgehead atoms. The molecule has 1 heterocycles. The van der Waals surface area contributed by atoms with Crippen molar-refractivity contribution in [1.82, 2.24) is 10.6 Å². The largest absolute Gasteiger partial charge is 0.465 e. The fraction of sp³-hybridized carbons (Fsp3) is 0.300. The van der Waals surface area contributed by atoms with Crippen LogP contribution in [-0.2, 0) is 4.79 Å². The summed E-state index contributed by atoms with van der Waals surface area (Å²) in [6.07, 6.45) is 4.69. The van der Waals surface area contributed by atoms with Crippen molar-refractivity contribution in [2.24, 2.45) is 0 Å². The molecule has 0 atom stereocenters. The Morgan fingerprint density at radius 3 is 2.52 bits per heavy atom. The van der Waals surface area contributed by atoms with Crippen molar-refractivity contribution >= 4 is 17.9 Å². The summed E-state index contributed by atoms with van der Waals surface area (Å²) in [5.74, 6) is -0.161. The molecule has 2 rings (SSSR count). The average Bonchev–Trinajstić information content (AvgIpc) is 3.11. The number of rotatable bonds is 7. The van der Waals surface area contributed by atoms with Gasteiger partial charge < -0.3 is 15.1 Å². The van der Waals surface area contributed by atoms with Gasteiger partial charge in [-0.15, -0.1) is 0 Å². The van der Waals surface area contributed by atoms with E-state index in [1.807, 2.05) is 32.9 Å². The molecule has 0 spiro atoms. The second-order valence-corrected chi connectivity index (χ2v) is 5.88. The van der Waals surface area contributed by atoms with Crippen LogP contribution in [0.3, 0.4) is 0 Å². The standard InChI is InChI=1S/C20H24N2O3/c1-4-16(5-2)21-20(24)18(13-17-10-7-11-25-17)22-19(23)15-9-6-8-14(3)12-15/h6-13,16H,4-5H2,1-3H3,(H,21,24)(H,22,23)/b18-13-. The Balaban J connectivity index is 2.23. The van der Waals surface area contributed by atoms with Crippen molar-refractivity contribution in [1.29, 1.82) is 0 Å². The molecular formula is C20H24N2O3. The Morgan fingerprint density at radius 1 is 1.16 bits per heavy atom. The molecule has 0 saturated heterocycles. The van der Waals surface area contributed by atoms with Crippen LogP contribution in [0, 0.1) is 6.92 Å². The first-order valence-electron chi connectivity index (χ1n) is 8.47. The molecule has 5 heteroatoms. The maximum absolute atomic E-state index is 12.6. The Labute approximate surface area is 148 Å². The van der Waals surface area contributed by atoms with Crippen LogP contribution in [0.15, 0.2) is 52.8 Å². The van der Waals surface area contributed by atoms with E-state index in [0.717, 1.165) is 18.4 Å². The topological polar surface area (TPSA) is 71.3 Å². The maximum atomic E-state index is 12.6.